The van der Waals surface area contributed by atoms with Gasteiger partial charge in [-0.2, -0.15) is 0 Å². The van der Waals surface area contributed by atoms with Crippen LogP contribution in [0.1, 0.15) is 18.4 Å². The molecule has 2 nitrogen and oxygen atoms in total. The van der Waals surface area contributed by atoms with E-state index >= 15 is 0 Å². The molecule has 2 rings (SSSR count). The summed E-state index contributed by atoms with van der Waals surface area (Å²) >= 11 is 0. The summed E-state index contributed by atoms with van der Waals surface area (Å²) in [6.07, 6.45) is 2.39. The van der Waals surface area contributed by atoms with E-state index in [0.717, 1.165) is 19.0 Å². The summed E-state index contributed by atoms with van der Waals surface area (Å²) < 4.78 is 0. The van der Waals surface area contributed by atoms with Gasteiger partial charge in [-0.3, -0.25) is 0 Å². The monoisotopic (exact) mass is 190 g/mol. The van der Waals surface area contributed by atoms with Crippen molar-refractivity contribution in [2.75, 3.05) is 6.54 Å². The minimum absolute atomic E-state index is 0.471. The van der Waals surface area contributed by atoms with Crippen LogP contribution in [-0.4, -0.2) is 12.6 Å². The Kier molecular flexibility index (Phi) is 3.17. The second-order valence-electron chi connectivity index (χ2n) is 4.21. The molecule has 1 saturated carbocycles. The van der Waals surface area contributed by atoms with Crippen LogP contribution in [0.3, 0.4) is 0 Å². The van der Waals surface area contributed by atoms with Crippen LogP contribution in [0.5, 0.6) is 0 Å². The number of hydrogen-bond acceptors (Lipinski definition) is 2. The molecule has 1 fully saturated rings. The molecule has 0 bridgehead atoms. The second-order valence-corrected chi connectivity index (χ2v) is 4.21. The van der Waals surface area contributed by atoms with E-state index in [1.54, 1.807) is 0 Å². The van der Waals surface area contributed by atoms with E-state index in [2.05, 4.69) is 35.6 Å². The van der Waals surface area contributed by atoms with Crippen LogP contribution < -0.4 is 11.1 Å². The molecule has 3 N–H and O–H groups in total. The first-order chi connectivity index (χ1) is 6.84. The minimum atomic E-state index is 0.471. The van der Waals surface area contributed by atoms with Crippen molar-refractivity contribution < 1.29 is 0 Å². The van der Waals surface area contributed by atoms with Gasteiger partial charge in [0, 0.05) is 12.6 Å². The summed E-state index contributed by atoms with van der Waals surface area (Å²) in [5.74, 6) is 0.814. The van der Waals surface area contributed by atoms with Crippen LogP contribution in [0, 0.1) is 5.92 Å². The SMILES string of the molecule is NC1CC(CNCc2ccccc2)C1. The Morgan fingerprint density at radius 3 is 2.57 bits per heavy atom. The van der Waals surface area contributed by atoms with Crippen LogP contribution in [0.15, 0.2) is 30.3 Å². The molecule has 2 heteroatoms. The van der Waals surface area contributed by atoms with Crippen molar-refractivity contribution in [1.82, 2.24) is 5.32 Å². The largest absolute Gasteiger partial charge is 0.328 e. The fraction of sp³-hybridized carbons (Fsp3) is 0.500. The van der Waals surface area contributed by atoms with Crippen molar-refractivity contribution in [3.8, 4) is 0 Å². The molecule has 14 heavy (non-hydrogen) atoms. The average Bonchev–Trinajstić information content (AvgIpc) is 2.17. The third-order valence-corrected chi connectivity index (χ3v) is 2.88. The molecular weight excluding hydrogens is 172 g/mol. The quantitative estimate of drug-likeness (QED) is 0.755. The predicted octanol–water partition coefficient (Wildman–Crippen LogP) is 1.51. The van der Waals surface area contributed by atoms with Crippen LogP contribution in [0.2, 0.25) is 0 Å². The van der Waals surface area contributed by atoms with Gasteiger partial charge in [0.1, 0.15) is 0 Å². The van der Waals surface area contributed by atoms with Gasteiger partial charge in [-0.1, -0.05) is 30.3 Å². The lowest BCUT2D eigenvalue weighted by atomic mass is 9.81. The number of hydrogen-bond donors (Lipinski definition) is 2. The van der Waals surface area contributed by atoms with Gasteiger partial charge in [0.25, 0.3) is 0 Å². The van der Waals surface area contributed by atoms with Crippen LogP contribution in [-0.2, 0) is 6.54 Å². The van der Waals surface area contributed by atoms with Gasteiger partial charge in [0.05, 0.1) is 0 Å². The molecule has 76 valence electrons. The van der Waals surface area contributed by atoms with Crippen molar-refractivity contribution in [3.63, 3.8) is 0 Å². The van der Waals surface area contributed by atoms with E-state index in [0.29, 0.717) is 6.04 Å². The molecule has 0 spiro atoms. The summed E-state index contributed by atoms with van der Waals surface area (Å²) in [5, 5.41) is 3.47. The fourth-order valence-electron chi connectivity index (χ4n) is 1.97. The first-order valence-electron chi connectivity index (χ1n) is 5.35. The molecule has 0 atom stereocenters. The van der Waals surface area contributed by atoms with Gasteiger partial charge >= 0.3 is 0 Å². The highest BCUT2D eigenvalue weighted by Crippen LogP contribution is 2.24. The summed E-state index contributed by atoms with van der Waals surface area (Å²) in [7, 11) is 0. The minimum Gasteiger partial charge on any atom is -0.328 e. The molecule has 0 saturated heterocycles. The summed E-state index contributed by atoms with van der Waals surface area (Å²) in [6.45, 7) is 2.09. The zero-order chi connectivity index (χ0) is 9.80. The number of nitrogens with one attached hydrogen (secondary N) is 1. The van der Waals surface area contributed by atoms with Crippen LogP contribution >= 0.6 is 0 Å². The van der Waals surface area contributed by atoms with E-state index in [4.69, 9.17) is 5.73 Å². The third-order valence-electron chi connectivity index (χ3n) is 2.88. The molecular formula is C12H18N2. The summed E-state index contributed by atoms with van der Waals surface area (Å²) in [6, 6.07) is 11.0. The lowest BCUT2D eigenvalue weighted by Crippen LogP contribution is -2.41. The topological polar surface area (TPSA) is 38.0 Å². The highest BCUT2D eigenvalue weighted by molar-refractivity contribution is 5.14. The summed E-state index contributed by atoms with van der Waals surface area (Å²) in [5.41, 5.74) is 7.08. The Morgan fingerprint density at radius 2 is 1.93 bits per heavy atom. The Labute approximate surface area is 85.5 Å². The molecule has 0 unspecified atom stereocenters. The van der Waals surface area contributed by atoms with Crippen molar-refractivity contribution in [3.05, 3.63) is 35.9 Å². The Morgan fingerprint density at radius 1 is 1.21 bits per heavy atom. The van der Waals surface area contributed by atoms with E-state index in [1.165, 1.54) is 18.4 Å². The highest BCUT2D eigenvalue weighted by atomic mass is 14.9. The molecule has 1 aromatic rings. The fourth-order valence-corrected chi connectivity index (χ4v) is 1.97. The Hall–Kier alpha value is -0.860. The standard InChI is InChI=1S/C12H18N2/c13-12-6-11(7-12)9-14-8-10-4-2-1-3-5-10/h1-5,11-12,14H,6-9,13H2. The average molecular weight is 190 g/mol. The molecule has 0 aliphatic heterocycles. The second kappa shape index (κ2) is 4.58. The maximum Gasteiger partial charge on any atom is 0.0205 e. The third kappa shape index (κ3) is 2.56. The normalized spacial score (nSPS) is 25.8. The molecule has 1 aliphatic carbocycles. The van der Waals surface area contributed by atoms with E-state index in [-0.39, 0.29) is 0 Å². The zero-order valence-corrected chi connectivity index (χ0v) is 8.45. The zero-order valence-electron chi connectivity index (χ0n) is 8.45. The number of rotatable bonds is 4. The Balaban J connectivity index is 1.64. The van der Waals surface area contributed by atoms with E-state index in [9.17, 15) is 0 Å². The van der Waals surface area contributed by atoms with Crippen LogP contribution in [0.4, 0.5) is 0 Å². The van der Waals surface area contributed by atoms with Gasteiger partial charge in [-0.15, -0.1) is 0 Å². The van der Waals surface area contributed by atoms with Crippen molar-refractivity contribution in [1.29, 1.82) is 0 Å². The number of benzene rings is 1. The van der Waals surface area contributed by atoms with Gasteiger partial charge in [-0.25, -0.2) is 0 Å². The number of nitrogens with two attached hydrogens (primary N) is 1. The molecule has 1 aliphatic rings. The van der Waals surface area contributed by atoms with Gasteiger partial charge < -0.3 is 11.1 Å². The van der Waals surface area contributed by atoms with Crippen molar-refractivity contribution in [2.45, 2.75) is 25.4 Å². The summed E-state index contributed by atoms with van der Waals surface area (Å²) in [4.78, 5) is 0. The molecule has 0 aromatic heterocycles. The molecule has 0 heterocycles. The van der Waals surface area contributed by atoms with Gasteiger partial charge in [-0.05, 0) is 30.9 Å². The molecule has 0 amide bonds. The van der Waals surface area contributed by atoms with Gasteiger partial charge in [0.2, 0.25) is 0 Å². The first-order valence-corrected chi connectivity index (χ1v) is 5.35. The maximum absolute atomic E-state index is 5.72. The lowest BCUT2D eigenvalue weighted by Gasteiger charge is -2.32. The lowest BCUT2D eigenvalue weighted by molar-refractivity contribution is 0.256. The van der Waals surface area contributed by atoms with Crippen LogP contribution in [0.25, 0.3) is 0 Å². The molecule has 0 radical (unpaired) electrons. The first kappa shape index (κ1) is 9.69. The maximum atomic E-state index is 5.72. The highest BCUT2D eigenvalue weighted by Gasteiger charge is 2.24. The van der Waals surface area contributed by atoms with Crippen molar-refractivity contribution in [2.24, 2.45) is 11.7 Å². The Bertz CT molecular complexity index is 265. The molecule has 1 aromatic carbocycles. The van der Waals surface area contributed by atoms with E-state index in [1.807, 2.05) is 0 Å². The van der Waals surface area contributed by atoms with E-state index < -0.39 is 0 Å². The van der Waals surface area contributed by atoms with Crippen molar-refractivity contribution >= 4 is 0 Å². The predicted molar refractivity (Wildman–Crippen MR) is 58.8 cm³/mol. The van der Waals surface area contributed by atoms with Gasteiger partial charge in [0.15, 0.2) is 0 Å². The smallest absolute Gasteiger partial charge is 0.0205 e.